The first-order valence-corrected chi connectivity index (χ1v) is 3.99. The topological polar surface area (TPSA) is 32.3 Å². The van der Waals surface area contributed by atoms with Gasteiger partial charge in [-0.1, -0.05) is 13.3 Å². The fourth-order valence-electron chi connectivity index (χ4n) is 0.696. The minimum absolute atomic E-state index is 0.562. The molecule has 0 aliphatic rings. The van der Waals surface area contributed by atoms with Crippen molar-refractivity contribution in [1.82, 2.24) is 5.32 Å². The summed E-state index contributed by atoms with van der Waals surface area (Å²) >= 11 is 0. The van der Waals surface area contributed by atoms with Crippen molar-refractivity contribution in [3.8, 4) is 0 Å². The zero-order chi connectivity index (χ0) is 8.04. The molecule has 0 heterocycles. The molecule has 0 aromatic carbocycles. The van der Waals surface area contributed by atoms with E-state index in [1.54, 1.807) is 0 Å². The van der Waals surface area contributed by atoms with Gasteiger partial charge in [0.1, 0.15) is 0 Å². The Morgan fingerprint density at radius 1 is 1.40 bits per heavy atom. The molecule has 2 heteroatoms. The summed E-state index contributed by atoms with van der Waals surface area (Å²) in [6.07, 6.45) is 2.40. The maximum atomic E-state index is 9.25. The number of aliphatic hydroxyl groups is 1. The predicted octanol–water partition coefficient (Wildman–Crippen LogP) is 1.15. The van der Waals surface area contributed by atoms with Crippen LogP contribution in [0.2, 0.25) is 0 Å². The molecule has 0 bridgehead atoms. The van der Waals surface area contributed by atoms with E-state index in [1.165, 1.54) is 12.8 Å². The molecule has 0 unspecified atom stereocenters. The van der Waals surface area contributed by atoms with Crippen LogP contribution in [0.4, 0.5) is 0 Å². The largest absolute Gasteiger partial charge is 0.389 e. The SMILES string of the molecule is CCCCNCC(C)(C)O. The lowest BCUT2D eigenvalue weighted by atomic mass is 10.1. The highest BCUT2D eigenvalue weighted by atomic mass is 16.3. The standard InChI is InChI=1S/C8H19NO/c1-4-5-6-9-7-8(2,3)10/h9-10H,4-7H2,1-3H3. The molecule has 0 amide bonds. The molecule has 0 aromatic rings. The van der Waals surface area contributed by atoms with Gasteiger partial charge in [0.05, 0.1) is 5.60 Å². The van der Waals surface area contributed by atoms with Crippen LogP contribution in [0.3, 0.4) is 0 Å². The zero-order valence-electron chi connectivity index (χ0n) is 7.28. The summed E-state index contributed by atoms with van der Waals surface area (Å²) in [6, 6.07) is 0. The molecule has 0 atom stereocenters. The van der Waals surface area contributed by atoms with E-state index in [-0.39, 0.29) is 0 Å². The molecule has 10 heavy (non-hydrogen) atoms. The molecule has 2 N–H and O–H groups in total. The van der Waals surface area contributed by atoms with Crippen molar-refractivity contribution in [1.29, 1.82) is 0 Å². The molecule has 0 aromatic heterocycles. The molecular formula is C8H19NO. The van der Waals surface area contributed by atoms with Gasteiger partial charge in [-0.2, -0.15) is 0 Å². The van der Waals surface area contributed by atoms with Gasteiger partial charge in [-0.15, -0.1) is 0 Å². The summed E-state index contributed by atoms with van der Waals surface area (Å²) in [7, 11) is 0. The third-order valence-electron chi connectivity index (χ3n) is 1.26. The minimum atomic E-state index is -0.562. The average Bonchev–Trinajstić information content (AvgIpc) is 1.78. The van der Waals surface area contributed by atoms with Crippen LogP contribution >= 0.6 is 0 Å². The second-order valence-electron chi connectivity index (χ2n) is 3.34. The van der Waals surface area contributed by atoms with Crippen LogP contribution in [0.5, 0.6) is 0 Å². The number of hydrogen-bond donors (Lipinski definition) is 2. The first kappa shape index (κ1) is 9.92. The summed E-state index contributed by atoms with van der Waals surface area (Å²) < 4.78 is 0. The van der Waals surface area contributed by atoms with E-state index >= 15 is 0 Å². The molecule has 0 rings (SSSR count). The molecule has 0 aliphatic carbocycles. The first-order chi connectivity index (χ1) is 4.56. The Labute approximate surface area is 63.6 Å². The van der Waals surface area contributed by atoms with E-state index in [0.29, 0.717) is 6.54 Å². The van der Waals surface area contributed by atoms with Gasteiger partial charge in [0.15, 0.2) is 0 Å². The van der Waals surface area contributed by atoms with Gasteiger partial charge >= 0.3 is 0 Å². The van der Waals surface area contributed by atoms with E-state index in [4.69, 9.17) is 0 Å². The highest BCUT2D eigenvalue weighted by molar-refractivity contribution is 4.67. The molecule has 62 valence electrons. The first-order valence-electron chi connectivity index (χ1n) is 3.99. The van der Waals surface area contributed by atoms with E-state index in [0.717, 1.165) is 6.54 Å². The Bertz CT molecular complexity index is 75.8. The highest BCUT2D eigenvalue weighted by Crippen LogP contribution is 1.96. The maximum absolute atomic E-state index is 9.25. The van der Waals surface area contributed by atoms with Gasteiger partial charge in [0.25, 0.3) is 0 Å². The predicted molar refractivity (Wildman–Crippen MR) is 44.1 cm³/mol. The molecule has 0 saturated carbocycles. The smallest absolute Gasteiger partial charge is 0.0715 e. The maximum Gasteiger partial charge on any atom is 0.0715 e. The number of rotatable bonds is 5. The van der Waals surface area contributed by atoms with Gasteiger partial charge in [0.2, 0.25) is 0 Å². The molecule has 0 radical (unpaired) electrons. The van der Waals surface area contributed by atoms with E-state index in [9.17, 15) is 5.11 Å². The number of nitrogens with one attached hydrogen (secondary N) is 1. The van der Waals surface area contributed by atoms with Crippen molar-refractivity contribution in [2.24, 2.45) is 0 Å². The van der Waals surface area contributed by atoms with Crippen molar-refractivity contribution < 1.29 is 5.11 Å². The lowest BCUT2D eigenvalue weighted by Crippen LogP contribution is -2.35. The van der Waals surface area contributed by atoms with E-state index in [2.05, 4.69) is 12.2 Å². The molecular weight excluding hydrogens is 126 g/mol. The second kappa shape index (κ2) is 4.69. The van der Waals surface area contributed by atoms with Crippen LogP contribution in [0, 0.1) is 0 Å². The number of unbranched alkanes of at least 4 members (excludes halogenated alkanes) is 1. The lowest BCUT2D eigenvalue weighted by Gasteiger charge is -2.17. The summed E-state index contributed by atoms with van der Waals surface area (Å²) in [4.78, 5) is 0. The quantitative estimate of drug-likeness (QED) is 0.569. The highest BCUT2D eigenvalue weighted by Gasteiger charge is 2.09. The Balaban J connectivity index is 3.04. The van der Waals surface area contributed by atoms with E-state index < -0.39 is 5.60 Å². The average molecular weight is 145 g/mol. The minimum Gasteiger partial charge on any atom is -0.389 e. The van der Waals surface area contributed by atoms with Crippen LogP contribution in [0.25, 0.3) is 0 Å². The van der Waals surface area contributed by atoms with Gasteiger partial charge in [-0.3, -0.25) is 0 Å². The Morgan fingerprint density at radius 2 is 2.00 bits per heavy atom. The molecule has 0 fully saturated rings. The summed E-state index contributed by atoms with van der Waals surface area (Å²) in [5.74, 6) is 0. The third-order valence-corrected chi connectivity index (χ3v) is 1.26. The molecule has 0 saturated heterocycles. The van der Waals surface area contributed by atoms with Crippen molar-refractivity contribution in [3.05, 3.63) is 0 Å². The summed E-state index contributed by atoms with van der Waals surface area (Å²) in [6.45, 7) is 7.48. The second-order valence-corrected chi connectivity index (χ2v) is 3.34. The monoisotopic (exact) mass is 145 g/mol. The van der Waals surface area contributed by atoms with Crippen molar-refractivity contribution in [2.75, 3.05) is 13.1 Å². The van der Waals surface area contributed by atoms with Crippen molar-refractivity contribution >= 4 is 0 Å². The van der Waals surface area contributed by atoms with Crippen LogP contribution in [0.1, 0.15) is 33.6 Å². The van der Waals surface area contributed by atoms with E-state index in [1.807, 2.05) is 13.8 Å². The van der Waals surface area contributed by atoms with Crippen LogP contribution < -0.4 is 5.32 Å². The number of hydrogen-bond acceptors (Lipinski definition) is 2. The van der Waals surface area contributed by atoms with Crippen molar-refractivity contribution in [2.45, 2.75) is 39.2 Å². The Morgan fingerprint density at radius 3 is 2.40 bits per heavy atom. The molecule has 0 spiro atoms. The van der Waals surface area contributed by atoms with Gasteiger partial charge in [0, 0.05) is 6.54 Å². The Kier molecular flexibility index (Phi) is 4.65. The fourth-order valence-corrected chi connectivity index (χ4v) is 0.696. The third kappa shape index (κ3) is 7.92. The molecule has 2 nitrogen and oxygen atoms in total. The van der Waals surface area contributed by atoms with Gasteiger partial charge < -0.3 is 10.4 Å². The van der Waals surface area contributed by atoms with Gasteiger partial charge in [-0.25, -0.2) is 0 Å². The Hall–Kier alpha value is -0.0800. The van der Waals surface area contributed by atoms with Crippen LogP contribution in [-0.2, 0) is 0 Å². The van der Waals surface area contributed by atoms with Crippen LogP contribution in [-0.4, -0.2) is 23.8 Å². The molecule has 0 aliphatic heterocycles. The normalized spacial score (nSPS) is 12.0. The lowest BCUT2D eigenvalue weighted by molar-refractivity contribution is 0.0799. The fraction of sp³-hybridized carbons (Fsp3) is 1.00. The summed E-state index contributed by atoms with van der Waals surface area (Å²) in [5.41, 5.74) is -0.562. The van der Waals surface area contributed by atoms with Crippen LogP contribution in [0.15, 0.2) is 0 Å². The van der Waals surface area contributed by atoms with Crippen molar-refractivity contribution in [3.63, 3.8) is 0 Å². The zero-order valence-corrected chi connectivity index (χ0v) is 7.28. The summed E-state index contributed by atoms with van der Waals surface area (Å²) in [5, 5.41) is 12.4. The van der Waals surface area contributed by atoms with Gasteiger partial charge in [-0.05, 0) is 26.8 Å².